The first kappa shape index (κ1) is 34.4. The van der Waals surface area contributed by atoms with Gasteiger partial charge < -0.3 is 30.5 Å². The first-order valence-corrected chi connectivity index (χ1v) is 16.4. The number of ether oxygens (including phenoxy) is 1. The van der Waals surface area contributed by atoms with Gasteiger partial charge in [0.15, 0.2) is 0 Å². The van der Waals surface area contributed by atoms with Gasteiger partial charge in [0.1, 0.15) is 0 Å². The molecule has 0 bridgehead atoms. The van der Waals surface area contributed by atoms with Gasteiger partial charge in [0, 0.05) is 61.4 Å². The fourth-order valence-corrected chi connectivity index (χ4v) is 6.54. The topological polar surface area (TPSA) is 111 Å². The summed E-state index contributed by atoms with van der Waals surface area (Å²) in [6, 6.07) is 21.5. The molecule has 2 atom stereocenters. The van der Waals surface area contributed by atoms with Crippen molar-refractivity contribution in [1.82, 2.24) is 15.5 Å². The smallest absolute Gasteiger partial charge is 0.404 e. The number of amides is 2. The SMILES string of the molecule is CCOCCNCc1ccc(C(=O)N2CCCC(C(O)(CCCNC(=O)O)c3cccc(Cl)c3-c3cccc(CC)c3)C2)cc1. The monoisotopic (exact) mass is 635 g/mol. The Labute approximate surface area is 271 Å². The molecule has 2 unspecified atom stereocenters. The minimum absolute atomic E-state index is 0.0626. The fraction of sp³-hybridized carbons (Fsp3) is 0.444. The molecule has 45 heavy (non-hydrogen) atoms. The number of benzene rings is 3. The van der Waals surface area contributed by atoms with Crippen LogP contribution in [0.25, 0.3) is 11.1 Å². The van der Waals surface area contributed by atoms with E-state index in [1.807, 2.05) is 66.4 Å². The second kappa shape index (κ2) is 16.8. The number of rotatable bonds is 15. The number of hydrogen-bond acceptors (Lipinski definition) is 5. The molecule has 1 fully saturated rings. The molecule has 1 aliphatic heterocycles. The van der Waals surface area contributed by atoms with Gasteiger partial charge in [0.25, 0.3) is 5.91 Å². The minimum Gasteiger partial charge on any atom is -0.465 e. The third kappa shape index (κ3) is 9.07. The molecule has 4 N–H and O–H groups in total. The lowest BCUT2D eigenvalue weighted by Gasteiger charge is -2.44. The summed E-state index contributed by atoms with van der Waals surface area (Å²) >= 11 is 6.86. The number of aliphatic hydroxyl groups is 1. The van der Waals surface area contributed by atoms with Crippen molar-refractivity contribution in [1.29, 1.82) is 0 Å². The molecule has 1 saturated heterocycles. The van der Waals surface area contributed by atoms with Gasteiger partial charge in [-0.15, -0.1) is 0 Å². The quantitative estimate of drug-likeness (QED) is 0.142. The Morgan fingerprint density at radius 2 is 1.82 bits per heavy atom. The van der Waals surface area contributed by atoms with Crippen LogP contribution in [0.5, 0.6) is 0 Å². The maximum absolute atomic E-state index is 13.7. The summed E-state index contributed by atoms with van der Waals surface area (Å²) in [5.74, 6) is -0.340. The Bertz CT molecular complexity index is 1420. The van der Waals surface area contributed by atoms with Crippen LogP contribution in [0.3, 0.4) is 0 Å². The van der Waals surface area contributed by atoms with Gasteiger partial charge in [-0.3, -0.25) is 4.79 Å². The molecule has 1 heterocycles. The van der Waals surface area contributed by atoms with Gasteiger partial charge in [-0.25, -0.2) is 4.79 Å². The highest BCUT2D eigenvalue weighted by molar-refractivity contribution is 6.33. The standard InChI is InChI=1S/C36H46ClN3O5/c1-3-26-9-5-10-29(23-26)33-31(12-6-13-32(33)37)36(44,18-8-19-39-35(42)43)30-11-7-21-40(25-30)34(41)28-16-14-27(15-17-28)24-38-20-22-45-4-2/h5-6,9-10,12-17,23,30,38-39,44H,3-4,7-8,11,18-22,24-25H2,1-2H3,(H,42,43). The molecule has 0 aliphatic carbocycles. The molecule has 3 aromatic rings. The number of carbonyl (C=O) groups is 2. The molecule has 0 spiro atoms. The molecular weight excluding hydrogens is 590 g/mol. The van der Waals surface area contributed by atoms with Crippen LogP contribution in [-0.2, 0) is 23.3 Å². The Kier molecular flexibility index (Phi) is 12.8. The van der Waals surface area contributed by atoms with E-state index in [1.165, 1.54) is 0 Å². The van der Waals surface area contributed by atoms with Gasteiger partial charge in [0.05, 0.1) is 12.2 Å². The zero-order valence-corrected chi connectivity index (χ0v) is 27.1. The molecule has 4 rings (SSSR count). The number of carboxylic acid groups (broad SMARTS) is 1. The Morgan fingerprint density at radius 1 is 1.04 bits per heavy atom. The van der Waals surface area contributed by atoms with E-state index in [9.17, 15) is 14.7 Å². The third-order valence-electron chi connectivity index (χ3n) is 8.66. The fourth-order valence-electron chi connectivity index (χ4n) is 6.26. The largest absolute Gasteiger partial charge is 0.465 e. The van der Waals surface area contributed by atoms with Gasteiger partial charge in [-0.05, 0) is 79.5 Å². The third-order valence-corrected chi connectivity index (χ3v) is 8.97. The normalized spacial score (nSPS) is 16.3. The Hall–Kier alpha value is -3.43. The summed E-state index contributed by atoms with van der Waals surface area (Å²) < 4.78 is 5.37. The first-order valence-electron chi connectivity index (χ1n) is 16.0. The van der Waals surface area contributed by atoms with E-state index >= 15 is 0 Å². The van der Waals surface area contributed by atoms with Crippen LogP contribution < -0.4 is 10.6 Å². The van der Waals surface area contributed by atoms with Crippen LogP contribution in [0.15, 0.2) is 66.7 Å². The van der Waals surface area contributed by atoms with E-state index in [4.69, 9.17) is 21.4 Å². The van der Waals surface area contributed by atoms with Gasteiger partial charge in [0.2, 0.25) is 0 Å². The van der Waals surface area contributed by atoms with Crippen molar-refractivity contribution in [2.45, 2.75) is 58.1 Å². The van der Waals surface area contributed by atoms with Crippen molar-refractivity contribution in [3.05, 3.63) is 94.0 Å². The lowest BCUT2D eigenvalue weighted by molar-refractivity contribution is -0.0563. The lowest BCUT2D eigenvalue weighted by atomic mass is 9.72. The highest BCUT2D eigenvalue weighted by Crippen LogP contribution is 2.45. The molecule has 0 saturated carbocycles. The second-order valence-electron chi connectivity index (χ2n) is 11.6. The highest BCUT2D eigenvalue weighted by Gasteiger charge is 2.43. The van der Waals surface area contributed by atoms with E-state index in [1.54, 1.807) is 0 Å². The summed E-state index contributed by atoms with van der Waals surface area (Å²) in [6.07, 6.45) is 1.97. The van der Waals surface area contributed by atoms with Crippen molar-refractivity contribution in [2.75, 3.05) is 39.4 Å². The predicted molar refractivity (Wildman–Crippen MR) is 179 cm³/mol. The molecular formula is C36H46ClN3O5. The number of hydrogen-bond donors (Lipinski definition) is 4. The Morgan fingerprint density at radius 3 is 2.56 bits per heavy atom. The number of piperidine rings is 1. The zero-order chi connectivity index (χ0) is 32.2. The van der Waals surface area contributed by atoms with Crippen molar-refractivity contribution in [3.63, 3.8) is 0 Å². The molecule has 8 nitrogen and oxygen atoms in total. The van der Waals surface area contributed by atoms with Crippen molar-refractivity contribution in [2.24, 2.45) is 5.92 Å². The number of nitrogens with zero attached hydrogens (tertiary/aromatic N) is 1. The highest BCUT2D eigenvalue weighted by atomic mass is 35.5. The Balaban J connectivity index is 1.59. The molecule has 3 aromatic carbocycles. The number of likely N-dealkylation sites (tertiary alicyclic amines) is 1. The maximum atomic E-state index is 13.7. The second-order valence-corrected chi connectivity index (χ2v) is 12.0. The molecule has 2 amide bonds. The lowest BCUT2D eigenvalue weighted by Crippen LogP contribution is -2.48. The summed E-state index contributed by atoms with van der Waals surface area (Å²) in [4.78, 5) is 26.7. The van der Waals surface area contributed by atoms with E-state index in [0.29, 0.717) is 61.8 Å². The van der Waals surface area contributed by atoms with Crippen molar-refractivity contribution >= 4 is 23.6 Å². The number of carbonyl (C=O) groups excluding carboxylic acids is 1. The predicted octanol–water partition coefficient (Wildman–Crippen LogP) is 6.48. The molecule has 1 aliphatic rings. The number of nitrogens with one attached hydrogen (secondary N) is 2. The van der Waals surface area contributed by atoms with Crippen LogP contribution in [0.4, 0.5) is 4.79 Å². The molecule has 9 heteroatoms. The molecule has 0 aromatic heterocycles. The van der Waals surface area contributed by atoms with Crippen molar-refractivity contribution in [3.8, 4) is 11.1 Å². The van der Waals surface area contributed by atoms with E-state index in [2.05, 4.69) is 29.7 Å². The van der Waals surface area contributed by atoms with E-state index in [-0.39, 0.29) is 18.4 Å². The van der Waals surface area contributed by atoms with E-state index in [0.717, 1.165) is 48.1 Å². The number of halogens is 1. The summed E-state index contributed by atoms with van der Waals surface area (Å²) in [7, 11) is 0. The average molecular weight is 636 g/mol. The van der Waals surface area contributed by atoms with Crippen molar-refractivity contribution < 1.29 is 24.5 Å². The maximum Gasteiger partial charge on any atom is 0.404 e. The van der Waals surface area contributed by atoms with Gasteiger partial charge in [-0.1, -0.05) is 67.1 Å². The zero-order valence-electron chi connectivity index (χ0n) is 26.4. The molecule has 242 valence electrons. The van der Waals surface area contributed by atoms with Crippen LogP contribution in [0.1, 0.15) is 66.6 Å². The summed E-state index contributed by atoms with van der Waals surface area (Å²) in [5.41, 5.74) is 3.92. The number of aryl methyl sites for hydroxylation is 1. The summed E-state index contributed by atoms with van der Waals surface area (Å²) in [5, 5.41) is 28.2. The van der Waals surface area contributed by atoms with Crippen LogP contribution in [0.2, 0.25) is 5.02 Å². The molecule has 0 radical (unpaired) electrons. The van der Waals surface area contributed by atoms with Crippen LogP contribution in [0, 0.1) is 5.92 Å². The summed E-state index contributed by atoms with van der Waals surface area (Å²) in [6.45, 7) is 8.08. The average Bonchev–Trinajstić information content (AvgIpc) is 3.06. The van der Waals surface area contributed by atoms with Crippen LogP contribution in [-0.4, -0.2) is 66.5 Å². The van der Waals surface area contributed by atoms with Gasteiger partial charge >= 0.3 is 6.09 Å². The van der Waals surface area contributed by atoms with E-state index < -0.39 is 11.7 Å². The van der Waals surface area contributed by atoms with Gasteiger partial charge in [-0.2, -0.15) is 0 Å². The minimum atomic E-state index is -1.35. The first-order chi connectivity index (χ1) is 21.8. The van der Waals surface area contributed by atoms with Crippen LogP contribution >= 0.6 is 11.6 Å².